The van der Waals surface area contributed by atoms with Gasteiger partial charge in [-0.3, -0.25) is 14.9 Å². The number of amides is 1. The van der Waals surface area contributed by atoms with Crippen LogP contribution in [0.4, 0.5) is 11.4 Å². The van der Waals surface area contributed by atoms with Crippen molar-refractivity contribution in [2.45, 2.75) is 32.2 Å². The Morgan fingerprint density at radius 1 is 1.58 bits per heavy atom. The number of nitro groups is 1. The molecule has 1 aromatic rings. The number of nitro benzene ring substituents is 1. The second-order valence-electron chi connectivity index (χ2n) is 4.86. The van der Waals surface area contributed by atoms with E-state index in [4.69, 9.17) is 5.73 Å². The third-order valence-corrected chi connectivity index (χ3v) is 3.42. The first-order valence-corrected chi connectivity index (χ1v) is 6.38. The van der Waals surface area contributed by atoms with E-state index in [-0.39, 0.29) is 28.9 Å². The van der Waals surface area contributed by atoms with Crippen LogP contribution in [-0.4, -0.2) is 16.9 Å². The number of hydrogen-bond acceptors (Lipinski definition) is 4. The van der Waals surface area contributed by atoms with Crippen LogP contribution >= 0.6 is 0 Å². The van der Waals surface area contributed by atoms with E-state index in [1.807, 2.05) is 0 Å². The number of carbonyl (C=O) groups excluding carboxylic acids is 1. The van der Waals surface area contributed by atoms with Gasteiger partial charge in [0.25, 0.3) is 11.6 Å². The molecule has 1 aromatic carbocycles. The minimum atomic E-state index is -0.580. The van der Waals surface area contributed by atoms with Gasteiger partial charge >= 0.3 is 0 Å². The highest BCUT2D eigenvalue weighted by Crippen LogP contribution is 2.35. The topological polar surface area (TPSA) is 98.3 Å². The molecular formula is C13H17N3O3. The van der Waals surface area contributed by atoms with Crippen LogP contribution in [0, 0.1) is 16.0 Å². The summed E-state index contributed by atoms with van der Waals surface area (Å²) in [5.41, 5.74) is 5.55. The monoisotopic (exact) mass is 263 g/mol. The molecule has 0 aliphatic heterocycles. The summed E-state index contributed by atoms with van der Waals surface area (Å²) in [4.78, 5) is 22.2. The van der Waals surface area contributed by atoms with Crippen molar-refractivity contribution in [1.29, 1.82) is 0 Å². The normalized spacial score (nSPS) is 20.9. The number of rotatable bonds is 5. The molecule has 2 atom stereocenters. The highest BCUT2D eigenvalue weighted by Gasteiger charge is 2.37. The van der Waals surface area contributed by atoms with Gasteiger partial charge in [0.05, 0.1) is 10.5 Å². The molecule has 0 aromatic heterocycles. The highest BCUT2D eigenvalue weighted by molar-refractivity contribution is 6.01. The Bertz CT molecular complexity index is 516. The molecule has 1 fully saturated rings. The number of anilines is 1. The predicted octanol–water partition coefficient (Wildman–Crippen LogP) is 2.10. The van der Waals surface area contributed by atoms with Crippen molar-refractivity contribution in [3.05, 3.63) is 33.9 Å². The Labute approximate surface area is 111 Å². The van der Waals surface area contributed by atoms with Gasteiger partial charge in [0.2, 0.25) is 0 Å². The Morgan fingerprint density at radius 3 is 2.95 bits per heavy atom. The lowest BCUT2D eigenvalue weighted by Crippen LogP contribution is -2.27. The molecule has 2 rings (SSSR count). The number of benzene rings is 1. The van der Waals surface area contributed by atoms with Crippen molar-refractivity contribution in [2.75, 3.05) is 5.73 Å². The molecule has 0 saturated heterocycles. The van der Waals surface area contributed by atoms with Crippen molar-refractivity contribution in [3.63, 3.8) is 0 Å². The fraction of sp³-hybridized carbons (Fsp3) is 0.462. The number of nitrogen functional groups attached to an aromatic ring is 1. The van der Waals surface area contributed by atoms with Gasteiger partial charge in [-0.05, 0) is 24.8 Å². The van der Waals surface area contributed by atoms with Crippen molar-refractivity contribution in [1.82, 2.24) is 5.32 Å². The second kappa shape index (κ2) is 5.26. The summed E-state index contributed by atoms with van der Waals surface area (Å²) in [5.74, 6) is 0.207. The van der Waals surface area contributed by atoms with Gasteiger partial charge in [-0.15, -0.1) is 0 Å². The van der Waals surface area contributed by atoms with Crippen LogP contribution in [0.25, 0.3) is 0 Å². The number of para-hydroxylation sites is 1. The average Bonchev–Trinajstić information content (AvgIpc) is 3.07. The third-order valence-electron chi connectivity index (χ3n) is 3.42. The van der Waals surface area contributed by atoms with Gasteiger partial charge in [0.1, 0.15) is 5.69 Å². The molecule has 1 amide bonds. The van der Waals surface area contributed by atoms with Crippen LogP contribution < -0.4 is 11.1 Å². The summed E-state index contributed by atoms with van der Waals surface area (Å²) in [5, 5.41) is 13.6. The number of carbonyl (C=O) groups is 1. The van der Waals surface area contributed by atoms with Gasteiger partial charge in [-0.25, -0.2) is 0 Å². The van der Waals surface area contributed by atoms with Crippen LogP contribution in [0.5, 0.6) is 0 Å². The first-order valence-electron chi connectivity index (χ1n) is 6.38. The molecule has 0 radical (unpaired) electrons. The van der Waals surface area contributed by atoms with Gasteiger partial charge in [-0.1, -0.05) is 19.4 Å². The molecule has 0 bridgehead atoms. The van der Waals surface area contributed by atoms with E-state index in [1.54, 1.807) is 0 Å². The SMILES string of the molecule is CCCC1CC1NC(=O)c1cccc([N+](=O)[O-])c1N. The molecule has 2 unspecified atom stereocenters. The average molecular weight is 263 g/mol. The van der Waals surface area contributed by atoms with Crippen molar-refractivity contribution in [3.8, 4) is 0 Å². The number of nitrogens with two attached hydrogens (primary N) is 1. The van der Waals surface area contributed by atoms with Crippen molar-refractivity contribution < 1.29 is 9.72 Å². The molecule has 19 heavy (non-hydrogen) atoms. The van der Waals surface area contributed by atoms with Crippen LogP contribution in [0.15, 0.2) is 18.2 Å². The smallest absolute Gasteiger partial charge is 0.292 e. The summed E-state index contributed by atoms with van der Waals surface area (Å²) in [6.45, 7) is 2.11. The summed E-state index contributed by atoms with van der Waals surface area (Å²) in [6.07, 6.45) is 3.17. The van der Waals surface area contributed by atoms with E-state index in [9.17, 15) is 14.9 Å². The number of hydrogen-bond donors (Lipinski definition) is 2. The molecule has 1 aliphatic rings. The number of nitrogens with zero attached hydrogens (tertiary/aromatic N) is 1. The molecule has 1 saturated carbocycles. The largest absolute Gasteiger partial charge is 0.393 e. The highest BCUT2D eigenvalue weighted by atomic mass is 16.6. The van der Waals surface area contributed by atoms with Gasteiger partial charge in [0, 0.05) is 12.1 Å². The minimum absolute atomic E-state index is 0.0716. The van der Waals surface area contributed by atoms with Crippen LogP contribution in [0.1, 0.15) is 36.5 Å². The predicted molar refractivity (Wildman–Crippen MR) is 71.8 cm³/mol. The Hall–Kier alpha value is -2.11. The van der Waals surface area contributed by atoms with E-state index in [1.165, 1.54) is 18.2 Å². The van der Waals surface area contributed by atoms with E-state index in [0.29, 0.717) is 5.92 Å². The van der Waals surface area contributed by atoms with Crippen LogP contribution in [-0.2, 0) is 0 Å². The lowest BCUT2D eigenvalue weighted by Gasteiger charge is -2.07. The lowest BCUT2D eigenvalue weighted by atomic mass is 10.1. The summed E-state index contributed by atoms with van der Waals surface area (Å²) >= 11 is 0. The van der Waals surface area contributed by atoms with Gasteiger partial charge < -0.3 is 11.1 Å². The molecule has 6 heteroatoms. The van der Waals surface area contributed by atoms with E-state index in [0.717, 1.165) is 19.3 Å². The zero-order chi connectivity index (χ0) is 14.0. The first kappa shape index (κ1) is 13.3. The van der Waals surface area contributed by atoms with Crippen LogP contribution in [0.2, 0.25) is 0 Å². The number of nitrogens with one attached hydrogen (secondary N) is 1. The molecule has 0 spiro atoms. The maximum Gasteiger partial charge on any atom is 0.292 e. The second-order valence-corrected chi connectivity index (χ2v) is 4.86. The fourth-order valence-corrected chi connectivity index (χ4v) is 2.27. The quantitative estimate of drug-likeness (QED) is 0.482. The van der Waals surface area contributed by atoms with E-state index < -0.39 is 4.92 Å². The maximum absolute atomic E-state index is 12.0. The van der Waals surface area contributed by atoms with Crippen LogP contribution in [0.3, 0.4) is 0 Å². The minimum Gasteiger partial charge on any atom is -0.393 e. The Balaban J connectivity index is 2.08. The van der Waals surface area contributed by atoms with E-state index >= 15 is 0 Å². The van der Waals surface area contributed by atoms with Crippen molar-refractivity contribution >= 4 is 17.3 Å². The molecule has 6 nitrogen and oxygen atoms in total. The molecular weight excluding hydrogens is 246 g/mol. The zero-order valence-corrected chi connectivity index (χ0v) is 10.8. The standard InChI is InChI=1S/C13H17N3O3/c1-2-4-8-7-10(8)15-13(17)9-5-3-6-11(12(9)14)16(18)19/h3,5-6,8,10H,2,4,7,14H2,1H3,(H,15,17). The third kappa shape index (κ3) is 2.83. The molecule has 1 aliphatic carbocycles. The van der Waals surface area contributed by atoms with Gasteiger partial charge in [-0.2, -0.15) is 0 Å². The van der Waals surface area contributed by atoms with Crippen molar-refractivity contribution in [2.24, 2.45) is 5.92 Å². The Morgan fingerprint density at radius 2 is 2.32 bits per heavy atom. The summed E-state index contributed by atoms with van der Waals surface area (Å²) in [7, 11) is 0. The maximum atomic E-state index is 12.0. The fourth-order valence-electron chi connectivity index (χ4n) is 2.27. The molecule has 102 valence electrons. The lowest BCUT2D eigenvalue weighted by molar-refractivity contribution is -0.383. The first-order chi connectivity index (χ1) is 9.04. The van der Waals surface area contributed by atoms with E-state index in [2.05, 4.69) is 12.2 Å². The van der Waals surface area contributed by atoms with Gasteiger partial charge in [0.15, 0.2) is 0 Å². The summed E-state index contributed by atoms with van der Waals surface area (Å²) < 4.78 is 0. The molecule has 0 heterocycles. The zero-order valence-electron chi connectivity index (χ0n) is 10.8. The molecule has 3 N–H and O–H groups in total. The Kier molecular flexibility index (Phi) is 3.69. The summed E-state index contributed by atoms with van der Waals surface area (Å²) in [6, 6.07) is 4.46.